The van der Waals surface area contributed by atoms with E-state index in [1.54, 1.807) is 0 Å². The first-order chi connectivity index (χ1) is 12.8. The van der Waals surface area contributed by atoms with Crippen LogP contribution in [0.1, 0.15) is 25.0 Å². The van der Waals surface area contributed by atoms with Gasteiger partial charge in [-0.3, -0.25) is 0 Å². The van der Waals surface area contributed by atoms with Crippen molar-refractivity contribution in [3.63, 3.8) is 0 Å². The fraction of sp³-hybridized carbons (Fsp3) is 0.222. The summed E-state index contributed by atoms with van der Waals surface area (Å²) >= 11 is 11.7. The van der Waals surface area contributed by atoms with Crippen molar-refractivity contribution in [2.75, 3.05) is 0 Å². The molecule has 5 nitrogen and oxygen atoms in total. The van der Waals surface area contributed by atoms with E-state index in [4.69, 9.17) is 43.0 Å². The van der Waals surface area contributed by atoms with Crippen LogP contribution in [0.5, 0.6) is 17.2 Å². The highest BCUT2D eigenvalue weighted by molar-refractivity contribution is 6.37. The Balaban J connectivity index is 2.42. The summed E-state index contributed by atoms with van der Waals surface area (Å²) in [7, 11) is 0. The molecule has 0 unspecified atom stereocenters. The molecule has 0 saturated heterocycles. The third kappa shape index (κ3) is 4.80. The molecule has 0 atom stereocenters. The largest absolute Gasteiger partial charge is 0.478 e. The van der Waals surface area contributed by atoms with Crippen LogP contribution in [0, 0.1) is 11.3 Å². The van der Waals surface area contributed by atoms with E-state index in [9.17, 15) is 18.0 Å². The minimum absolute atomic E-state index is 0.0266. The highest BCUT2D eigenvalue weighted by Crippen LogP contribution is 2.42. The molecule has 148 valence electrons. The van der Waals surface area contributed by atoms with E-state index in [0.29, 0.717) is 12.1 Å². The van der Waals surface area contributed by atoms with Crippen molar-refractivity contribution < 1.29 is 32.5 Å². The van der Waals surface area contributed by atoms with Crippen LogP contribution < -0.4 is 9.47 Å². The van der Waals surface area contributed by atoms with Crippen LogP contribution in [0.2, 0.25) is 10.0 Å². The van der Waals surface area contributed by atoms with Gasteiger partial charge in [0, 0.05) is 6.07 Å². The monoisotopic (exact) mass is 433 g/mol. The summed E-state index contributed by atoms with van der Waals surface area (Å²) in [6.07, 6.45) is -4.64. The van der Waals surface area contributed by atoms with Crippen molar-refractivity contribution in [3.8, 4) is 23.3 Å². The van der Waals surface area contributed by atoms with E-state index in [2.05, 4.69) is 0 Å². The van der Waals surface area contributed by atoms with Gasteiger partial charge in [-0.15, -0.1) is 0 Å². The number of aliphatic carboxylic acids is 1. The van der Waals surface area contributed by atoms with Gasteiger partial charge in [0.1, 0.15) is 17.6 Å². The van der Waals surface area contributed by atoms with Crippen molar-refractivity contribution in [1.82, 2.24) is 0 Å². The lowest BCUT2D eigenvalue weighted by Gasteiger charge is -2.22. The average molecular weight is 434 g/mol. The van der Waals surface area contributed by atoms with Crippen LogP contribution in [-0.2, 0) is 11.0 Å². The van der Waals surface area contributed by atoms with Gasteiger partial charge in [-0.2, -0.15) is 18.4 Å². The lowest BCUT2D eigenvalue weighted by Crippen LogP contribution is -2.38. The SMILES string of the molecule is CC(C)(Oc1cc(Oc2c(Cl)cc(C(F)(F)F)cc2Cl)ccc1C#N)C(=O)O. The number of hydrogen-bond acceptors (Lipinski definition) is 4. The number of nitrogens with zero attached hydrogens (tertiary/aromatic N) is 1. The van der Waals surface area contributed by atoms with Crippen LogP contribution in [-0.4, -0.2) is 16.7 Å². The molecule has 0 heterocycles. The van der Waals surface area contributed by atoms with E-state index in [1.165, 1.54) is 32.0 Å². The lowest BCUT2D eigenvalue weighted by molar-refractivity contribution is -0.152. The molecule has 2 aromatic carbocycles. The average Bonchev–Trinajstić information content (AvgIpc) is 2.57. The second-order valence-corrected chi connectivity index (χ2v) is 6.87. The molecular formula is C18H12Cl2F3NO4. The zero-order valence-corrected chi connectivity index (χ0v) is 15.9. The number of halogens is 5. The van der Waals surface area contributed by atoms with Crippen LogP contribution in [0.4, 0.5) is 13.2 Å². The van der Waals surface area contributed by atoms with Gasteiger partial charge in [0.25, 0.3) is 0 Å². The molecule has 0 aliphatic heterocycles. The third-order valence-corrected chi connectivity index (χ3v) is 4.06. The van der Waals surface area contributed by atoms with Gasteiger partial charge in [0.2, 0.25) is 0 Å². The molecule has 0 radical (unpaired) electrons. The van der Waals surface area contributed by atoms with Gasteiger partial charge in [-0.25, -0.2) is 4.79 Å². The Bertz CT molecular complexity index is 945. The number of hydrogen-bond donors (Lipinski definition) is 1. The first kappa shape index (κ1) is 21.7. The third-order valence-electron chi connectivity index (χ3n) is 3.50. The summed E-state index contributed by atoms with van der Waals surface area (Å²) in [6, 6.07) is 7.03. The fourth-order valence-electron chi connectivity index (χ4n) is 2.00. The Hall–Kier alpha value is -2.63. The van der Waals surface area contributed by atoms with E-state index in [-0.39, 0.29) is 32.9 Å². The number of ether oxygens (including phenoxy) is 2. The van der Waals surface area contributed by atoms with Crippen molar-refractivity contribution in [3.05, 3.63) is 51.5 Å². The number of alkyl halides is 3. The number of carboxylic acids is 1. The van der Waals surface area contributed by atoms with Crippen LogP contribution in [0.15, 0.2) is 30.3 Å². The molecule has 2 rings (SSSR count). The van der Waals surface area contributed by atoms with E-state index < -0.39 is 23.3 Å². The zero-order chi connectivity index (χ0) is 21.3. The Morgan fingerprint density at radius 3 is 2.18 bits per heavy atom. The van der Waals surface area contributed by atoms with E-state index in [1.807, 2.05) is 6.07 Å². The van der Waals surface area contributed by atoms with Crippen LogP contribution in [0.25, 0.3) is 0 Å². The maximum Gasteiger partial charge on any atom is 0.416 e. The number of benzene rings is 2. The molecule has 0 amide bonds. The molecule has 28 heavy (non-hydrogen) atoms. The van der Waals surface area contributed by atoms with Gasteiger partial charge in [-0.05, 0) is 38.1 Å². The van der Waals surface area contributed by atoms with E-state index in [0.717, 1.165) is 0 Å². The molecule has 0 aliphatic carbocycles. The topological polar surface area (TPSA) is 79.5 Å². The van der Waals surface area contributed by atoms with Gasteiger partial charge >= 0.3 is 12.1 Å². The number of carbonyl (C=O) groups is 1. The lowest BCUT2D eigenvalue weighted by atomic mass is 10.1. The fourth-order valence-corrected chi connectivity index (χ4v) is 2.56. The summed E-state index contributed by atoms with van der Waals surface area (Å²) in [5.41, 5.74) is -2.65. The molecule has 0 bridgehead atoms. The molecular weight excluding hydrogens is 422 g/mol. The predicted molar refractivity (Wildman–Crippen MR) is 95.0 cm³/mol. The zero-order valence-electron chi connectivity index (χ0n) is 14.4. The second-order valence-electron chi connectivity index (χ2n) is 6.06. The van der Waals surface area contributed by atoms with Crippen molar-refractivity contribution in [1.29, 1.82) is 5.26 Å². The minimum Gasteiger partial charge on any atom is -0.478 e. The summed E-state index contributed by atoms with van der Waals surface area (Å²) in [5.74, 6) is -1.56. The second kappa shape index (κ2) is 7.78. The molecule has 0 aliphatic rings. The summed E-state index contributed by atoms with van der Waals surface area (Å²) < 4.78 is 49.3. The van der Waals surface area contributed by atoms with Crippen molar-refractivity contribution >= 4 is 29.2 Å². The molecule has 0 fully saturated rings. The van der Waals surface area contributed by atoms with Gasteiger partial charge < -0.3 is 14.6 Å². The summed E-state index contributed by atoms with van der Waals surface area (Å²) in [4.78, 5) is 11.2. The van der Waals surface area contributed by atoms with Crippen LogP contribution in [0.3, 0.4) is 0 Å². The number of rotatable bonds is 5. The number of nitriles is 1. The molecule has 0 spiro atoms. The molecule has 10 heteroatoms. The van der Waals surface area contributed by atoms with Crippen LogP contribution >= 0.6 is 23.2 Å². The highest BCUT2D eigenvalue weighted by Gasteiger charge is 2.33. The smallest absolute Gasteiger partial charge is 0.416 e. The summed E-state index contributed by atoms with van der Waals surface area (Å²) in [5, 5.41) is 17.6. The Morgan fingerprint density at radius 2 is 1.71 bits per heavy atom. The Morgan fingerprint density at radius 1 is 1.14 bits per heavy atom. The maximum absolute atomic E-state index is 12.8. The Labute approximate surface area is 167 Å². The Kier molecular flexibility index (Phi) is 6.02. The van der Waals surface area contributed by atoms with Crippen molar-refractivity contribution in [2.45, 2.75) is 25.6 Å². The summed E-state index contributed by atoms with van der Waals surface area (Å²) in [6.45, 7) is 2.57. The first-order valence-corrected chi connectivity index (χ1v) is 8.31. The van der Waals surface area contributed by atoms with E-state index >= 15 is 0 Å². The number of carboxylic acid groups (broad SMARTS) is 1. The molecule has 0 saturated carbocycles. The first-order valence-electron chi connectivity index (χ1n) is 7.56. The van der Waals surface area contributed by atoms with Gasteiger partial charge in [0.15, 0.2) is 11.4 Å². The molecule has 2 aromatic rings. The molecule has 1 N–H and O–H groups in total. The van der Waals surface area contributed by atoms with Gasteiger partial charge in [0.05, 0.1) is 21.2 Å². The highest BCUT2D eigenvalue weighted by atomic mass is 35.5. The predicted octanol–water partition coefficient (Wildman–Crippen LogP) is 5.92. The normalized spacial score (nSPS) is 11.6. The molecule has 0 aromatic heterocycles. The maximum atomic E-state index is 12.8. The minimum atomic E-state index is -4.64. The quantitative estimate of drug-likeness (QED) is 0.632. The van der Waals surface area contributed by atoms with Gasteiger partial charge in [-0.1, -0.05) is 23.2 Å². The van der Waals surface area contributed by atoms with Crippen molar-refractivity contribution in [2.24, 2.45) is 0 Å². The standard InChI is InChI=1S/C18H12Cl2F3NO4/c1-17(2,16(25)26)28-14-7-11(4-3-9(14)8-24)27-15-12(19)5-10(6-13(15)20)18(21,22)23/h3-7H,1-2H3,(H,25,26).